The molecule has 3 nitrogen and oxygen atoms in total. The summed E-state index contributed by atoms with van der Waals surface area (Å²) >= 11 is 3.56. The molecule has 122 valence electrons. The molecule has 1 heterocycles. The Morgan fingerprint density at radius 2 is 1.65 bits per heavy atom. The highest BCUT2D eigenvalue weighted by atomic mass is 79.9. The van der Waals surface area contributed by atoms with Crippen molar-refractivity contribution in [3.05, 3.63) is 62.6 Å². The van der Waals surface area contributed by atoms with Crippen molar-refractivity contribution < 1.29 is 14.2 Å². The van der Waals surface area contributed by atoms with Crippen LogP contribution >= 0.6 is 15.9 Å². The molecular weight excluding hydrogens is 356 g/mol. The van der Waals surface area contributed by atoms with Crippen LogP contribution in [0.2, 0.25) is 0 Å². The molecule has 1 fully saturated rings. The lowest BCUT2D eigenvalue weighted by Crippen LogP contribution is -2.03. The van der Waals surface area contributed by atoms with Crippen molar-refractivity contribution in [1.82, 2.24) is 0 Å². The molecule has 23 heavy (non-hydrogen) atoms. The molecule has 0 N–H and O–H groups in total. The highest BCUT2D eigenvalue weighted by Gasteiger charge is 2.19. The van der Waals surface area contributed by atoms with Crippen molar-refractivity contribution in [2.75, 3.05) is 13.2 Å². The summed E-state index contributed by atoms with van der Waals surface area (Å²) in [5, 5.41) is 0. The van der Waals surface area contributed by atoms with Gasteiger partial charge in [-0.3, -0.25) is 0 Å². The van der Waals surface area contributed by atoms with E-state index in [9.17, 15) is 0 Å². The second-order valence-electron chi connectivity index (χ2n) is 5.98. The molecule has 1 aliphatic rings. The number of halogens is 1. The fraction of sp³-hybridized carbons (Fsp3) is 0.368. The molecule has 0 aromatic heterocycles. The summed E-state index contributed by atoms with van der Waals surface area (Å²) in [6.45, 7) is 8.08. The van der Waals surface area contributed by atoms with Gasteiger partial charge in [0.15, 0.2) is 6.29 Å². The van der Waals surface area contributed by atoms with Crippen LogP contribution < -0.4 is 4.74 Å². The van der Waals surface area contributed by atoms with E-state index in [0.717, 1.165) is 21.3 Å². The molecule has 1 saturated heterocycles. The molecular formula is C19H21BrO3. The second-order valence-corrected chi connectivity index (χ2v) is 6.90. The number of benzene rings is 2. The maximum atomic E-state index is 6.08. The lowest BCUT2D eigenvalue weighted by atomic mass is 10.1. The van der Waals surface area contributed by atoms with Gasteiger partial charge in [-0.1, -0.05) is 33.6 Å². The quantitative estimate of drug-likeness (QED) is 0.751. The van der Waals surface area contributed by atoms with Crippen molar-refractivity contribution >= 4 is 15.9 Å². The fourth-order valence-corrected chi connectivity index (χ4v) is 3.55. The lowest BCUT2D eigenvalue weighted by Gasteiger charge is -2.15. The maximum Gasteiger partial charge on any atom is 0.184 e. The Morgan fingerprint density at radius 3 is 2.30 bits per heavy atom. The summed E-state index contributed by atoms with van der Waals surface area (Å²) in [4.78, 5) is 0. The Bertz CT molecular complexity index is 683. The standard InChI is InChI=1S/C19H21BrO3/c1-12-6-13(2)18(14(3)7-12)23-11-15-8-16(10-17(20)9-15)19-21-4-5-22-19/h6-10,19H,4-5,11H2,1-3H3. The first-order valence-electron chi connectivity index (χ1n) is 7.76. The van der Waals surface area contributed by atoms with Gasteiger partial charge >= 0.3 is 0 Å². The van der Waals surface area contributed by atoms with Crippen LogP contribution in [0.1, 0.15) is 34.1 Å². The van der Waals surface area contributed by atoms with Crippen molar-refractivity contribution in [2.45, 2.75) is 33.7 Å². The zero-order valence-electron chi connectivity index (χ0n) is 13.7. The molecule has 0 amide bonds. The van der Waals surface area contributed by atoms with Crippen LogP contribution in [0, 0.1) is 20.8 Å². The Labute approximate surface area is 145 Å². The van der Waals surface area contributed by atoms with E-state index >= 15 is 0 Å². The number of rotatable bonds is 4. The van der Waals surface area contributed by atoms with E-state index in [4.69, 9.17) is 14.2 Å². The minimum atomic E-state index is -0.269. The predicted octanol–water partition coefficient (Wildman–Crippen LogP) is 5.00. The third-order valence-electron chi connectivity index (χ3n) is 3.86. The number of aryl methyl sites for hydroxylation is 3. The first kappa shape index (κ1) is 16.5. The SMILES string of the molecule is Cc1cc(C)c(OCc2cc(Br)cc(C3OCCO3)c2)c(C)c1. The number of hydrogen-bond donors (Lipinski definition) is 0. The smallest absolute Gasteiger partial charge is 0.184 e. The van der Waals surface area contributed by atoms with E-state index in [1.54, 1.807) is 0 Å². The molecule has 0 atom stereocenters. The minimum absolute atomic E-state index is 0.269. The third kappa shape index (κ3) is 3.94. The van der Waals surface area contributed by atoms with Crippen LogP contribution in [0.4, 0.5) is 0 Å². The number of ether oxygens (including phenoxy) is 3. The van der Waals surface area contributed by atoms with Crippen LogP contribution in [-0.4, -0.2) is 13.2 Å². The van der Waals surface area contributed by atoms with Gasteiger partial charge in [-0.15, -0.1) is 0 Å². The summed E-state index contributed by atoms with van der Waals surface area (Å²) < 4.78 is 18.2. The summed E-state index contributed by atoms with van der Waals surface area (Å²) in [7, 11) is 0. The molecule has 3 rings (SSSR count). The maximum absolute atomic E-state index is 6.08. The average molecular weight is 377 g/mol. The highest BCUT2D eigenvalue weighted by Crippen LogP contribution is 2.29. The summed E-state index contributed by atoms with van der Waals surface area (Å²) in [6.07, 6.45) is -0.269. The van der Waals surface area contributed by atoms with E-state index in [0.29, 0.717) is 19.8 Å². The van der Waals surface area contributed by atoms with Crippen molar-refractivity contribution in [1.29, 1.82) is 0 Å². The number of hydrogen-bond acceptors (Lipinski definition) is 3. The van der Waals surface area contributed by atoms with Crippen molar-refractivity contribution in [2.24, 2.45) is 0 Å². The molecule has 0 unspecified atom stereocenters. The molecule has 2 aromatic rings. The van der Waals surface area contributed by atoms with E-state index < -0.39 is 0 Å². The van der Waals surface area contributed by atoms with Gasteiger partial charge in [-0.25, -0.2) is 0 Å². The zero-order chi connectivity index (χ0) is 16.4. The molecule has 0 aliphatic carbocycles. The molecule has 0 bridgehead atoms. The van der Waals surface area contributed by atoms with Crippen LogP contribution in [0.3, 0.4) is 0 Å². The zero-order valence-corrected chi connectivity index (χ0v) is 15.3. The van der Waals surface area contributed by atoms with Crippen LogP contribution in [0.15, 0.2) is 34.8 Å². The summed E-state index contributed by atoms with van der Waals surface area (Å²) in [6, 6.07) is 10.5. The lowest BCUT2D eigenvalue weighted by molar-refractivity contribution is -0.0442. The largest absolute Gasteiger partial charge is 0.488 e. The van der Waals surface area contributed by atoms with Crippen LogP contribution in [0.5, 0.6) is 5.75 Å². The topological polar surface area (TPSA) is 27.7 Å². The van der Waals surface area contributed by atoms with Gasteiger partial charge < -0.3 is 14.2 Å². The predicted molar refractivity (Wildman–Crippen MR) is 93.8 cm³/mol. The highest BCUT2D eigenvalue weighted by molar-refractivity contribution is 9.10. The van der Waals surface area contributed by atoms with Crippen molar-refractivity contribution in [3.8, 4) is 5.75 Å². The van der Waals surface area contributed by atoms with Crippen LogP contribution in [-0.2, 0) is 16.1 Å². The minimum Gasteiger partial charge on any atom is -0.488 e. The van der Waals surface area contributed by atoms with Gasteiger partial charge in [-0.05, 0) is 55.7 Å². The normalized spacial score (nSPS) is 15.1. The molecule has 4 heteroatoms. The van der Waals surface area contributed by atoms with Gasteiger partial charge in [-0.2, -0.15) is 0 Å². The molecule has 0 spiro atoms. The molecule has 0 radical (unpaired) electrons. The monoisotopic (exact) mass is 376 g/mol. The average Bonchev–Trinajstić information content (AvgIpc) is 2.99. The van der Waals surface area contributed by atoms with Gasteiger partial charge in [0.25, 0.3) is 0 Å². The third-order valence-corrected chi connectivity index (χ3v) is 4.32. The van der Waals surface area contributed by atoms with E-state index in [2.05, 4.69) is 61.0 Å². The Morgan fingerprint density at radius 1 is 1.00 bits per heavy atom. The first-order valence-corrected chi connectivity index (χ1v) is 8.55. The molecule has 0 saturated carbocycles. The Hall–Kier alpha value is -1.36. The van der Waals surface area contributed by atoms with E-state index in [1.165, 1.54) is 16.7 Å². The van der Waals surface area contributed by atoms with E-state index in [-0.39, 0.29) is 6.29 Å². The fourth-order valence-electron chi connectivity index (χ4n) is 3.00. The molecule has 1 aliphatic heterocycles. The Kier molecular flexibility index (Phi) is 5.05. The molecule has 2 aromatic carbocycles. The van der Waals surface area contributed by atoms with Gasteiger partial charge in [0.1, 0.15) is 12.4 Å². The van der Waals surface area contributed by atoms with Crippen LogP contribution in [0.25, 0.3) is 0 Å². The Balaban J connectivity index is 1.78. The van der Waals surface area contributed by atoms with Gasteiger partial charge in [0.05, 0.1) is 13.2 Å². The first-order chi connectivity index (χ1) is 11.0. The van der Waals surface area contributed by atoms with Gasteiger partial charge in [0.2, 0.25) is 0 Å². The van der Waals surface area contributed by atoms with Crippen molar-refractivity contribution in [3.63, 3.8) is 0 Å². The second kappa shape index (κ2) is 7.04. The summed E-state index contributed by atoms with van der Waals surface area (Å²) in [5.41, 5.74) is 5.70. The summed E-state index contributed by atoms with van der Waals surface area (Å²) in [5.74, 6) is 0.963. The van der Waals surface area contributed by atoms with E-state index in [1.807, 2.05) is 6.07 Å². The van der Waals surface area contributed by atoms with Gasteiger partial charge in [0, 0.05) is 10.0 Å².